The van der Waals surface area contributed by atoms with E-state index in [0.717, 1.165) is 24.5 Å². The minimum Gasteiger partial charge on any atom is -0.423 e. The third kappa shape index (κ3) is 5.26. The van der Waals surface area contributed by atoms with E-state index < -0.39 is 51.4 Å². The predicted octanol–water partition coefficient (Wildman–Crippen LogP) is 8.54. The largest absolute Gasteiger partial charge is 0.423 e. The summed E-state index contributed by atoms with van der Waals surface area (Å²) in [5.74, 6) is -8.73. The van der Waals surface area contributed by atoms with Gasteiger partial charge in [-0.1, -0.05) is 61.3 Å². The van der Waals surface area contributed by atoms with Gasteiger partial charge in [0.25, 0.3) is 0 Å². The summed E-state index contributed by atoms with van der Waals surface area (Å²) in [7, 11) is 0. The summed E-state index contributed by atoms with van der Waals surface area (Å²) in [6.45, 7) is 2.08. The van der Waals surface area contributed by atoms with Crippen LogP contribution in [0, 0.1) is 29.1 Å². The second-order valence-corrected chi connectivity index (χ2v) is 8.45. The van der Waals surface area contributed by atoms with Crippen molar-refractivity contribution in [1.82, 2.24) is 0 Å². The zero-order chi connectivity index (χ0) is 26.0. The van der Waals surface area contributed by atoms with Crippen molar-refractivity contribution in [2.24, 2.45) is 0 Å². The second kappa shape index (κ2) is 10.5. The summed E-state index contributed by atoms with van der Waals surface area (Å²) in [4.78, 5) is 12.4. The summed E-state index contributed by atoms with van der Waals surface area (Å²) in [6.07, 6.45) is 1.96. The Morgan fingerprint density at radius 2 is 1.36 bits per heavy atom. The normalized spacial score (nSPS) is 11.0. The van der Waals surface area contributed by atoms with Gasteiger partial charge in [0.05, 0.1) is 5.02 Å². The molecule has 2 nitrogen and oxygen atoms in total. The lowest BCUT2D eigenvalue weighted by Gasteiger charge is -2.11. The molecule has 0 aliphatic heterocycles. The van der Waals surface area contributed by atoms with E-state index in [1.165, 1.54) is 23.8 Å². The molecule has 4 rings (SSSR count). The molecule has 0 atom stereocenters. The van der Waals surface area contributed by atoms with Crippen molar-refractivity contribution in [2.45, 2.75) is 19.8 Å². The van der Waals surface area contributed by atoms with Gasteiger partial charge >= 0.3 is 5.97 Å². The van der Waals surface area contributed by atoms with Crippen molar-refractivity contribution >= 4 is 17.6 Å². The van der Waals surface area contributed by atoms with E-state index in [1.807, 2.05) is 24.3 Å². The van der Waals surface area contributed by atoms with Gasteiger partial charge in [0.15, 0.2) is 17.5 Å². The molecule has 0 aliphatic rings. The van der Waals surface area contributed by atoms with Crippen LogP contribution in [0.15, 0.2) is 66.7 Å². The van der Waals surface area contributed by atoms with E-state index in [1.54, 1.807) is 6.07 Å². The number of carbonyl (C=O) groups excluding carboxylic acids is 1. The Kier molecular flexibility index (Phi) is 7.40. The van der Waals surface area contributed by atoms with Crippen LogP contribution in [0.3, 0.4) is 0 Å². The zero-order valence-corrected chi connectivity index (χ0v) is 19.6. The number of hydrogen-bond donors (Lipinski definition) is 0. The molecule has 0 amide bonds. The first-order valence-electron chi connectivity index (χ1n) is 10.9. The lowest BCUT2D eigenvalue weighted by atomic mass is 9.97. The van der Waals surface area contributed by atoms with Crippen molar-refractivity contribution in [3.63, 3.8) is 0 Å². The van der Waals surface area contributed by atoms with E-state index in [-0.39, 0.29) is 11.1 Å². The maximum atomic E-state index is 15.0. The van der Waals surface area contributed by atoms with Crippen LogP contribution in [0.5, 0.6) is 5.75 Å². The second-order valence-electron chi connectivity index (χ2n) is 8.05. The lowest BCUT2D eigenvalue weighted by Crippen LogP contribution is -2.12. The molecule has 184 valence electrons. The van der Waals surface area contributed by atoms with Crippen LogP contribution in [-0.4, -0.2) is 5.97 Å². The molecule has 0 spiro atoms. The smallest absolute Gasteiger partial charge is 0.348 e. The van der Waals surface area contributed by atoms with Gasteiger partial charge in [-0.25, -0.2) is 26.7 Å². The number of ether oxygens (including phenoxy) is 1. The topological polar surface area (TPSA) is 26.3 Å². The highest BCUT2D eigenvalue weighted by Gasteiger charge is 2.22. The molecule has 0 unspecified atom stereocenters. The average Bonchev–Trinajstić information content (AvgIpc) is 2.82. The van der Waals surface area contributed by atoms with Crippen molar-refractivity contribution < 1.29 is 31.5 Å². The fourth-order valence-corrected chi connectivity index (χ4v) is 4.04. The summed E-state index contributed by atoms with van der Waals surface area (Å²) < 4.78 is 74.4. The number of hydrogen-bond acceptors (Lipinski definition) is 2. The van der Waals surface area contributed by atoms with Crippen LogP contribution in [0.25, 0.3) is 22.3 Å². The van der Waals surface area contributed by atoms with E-state index >= 15 is 0 Å². The van der Waals surface area contributed by atoms with Gasteiger partial charge in [0, 0.05) is 17.7 Å². The van der Waals surface area contributed by atoms with E-state index in [2.05, 4.69) is 6.92 Å². The van der Waals surface area contributed by atoms with Gasteiger partial charge in [-0.15, -0.1) is 0 Å². The molecule has 36 heavy (non-hydrogen) atoms. The quantitative estimate of drug-likeness (QED) is 0.111. The van der Waals surface area contributed by atoms with Gasteiger partial charge in [-0.05, 0) is 46.9 Å². The van der Waals surface area contributed by atoms with Crippen LogP contribution in [0.1, 0.15) is 29.3 Å². The summed E-state index contributed by atoms with van der Waals surface area (Å²) in [5, 5.41) is -0.409. The molecule has 0 saturated carbocycles. The van der Waals surface area contributed by atoms with Crippen LogP contribution < -0.4 is 4.74 Å². The molecule has 0 bridgehead atoms. The Balaban J connectivity index is 1.60. The molecule has 0 fully saturated rings. The third-order valence-electron chi connectivity index (χ3n) is 5.52. The Labute approximate surface area is 208 Å². The van der Waals surface area contributed by atoms with E-state index in [9.17, 15) is 26.7 Å². The van der Waals surface area contributed by atoms with E-state index in [0.29, 0.717) is 17.7 Å². The molecule has 0 heterocycles. The SMILES string of the molecule is CCCc1ccc(-c2ccc(-c3cc(F)c(C(=O)Oc4cc(F)c(F)c(F)c4)c(Cl)c3)c(F)c2)cc1. The Hall–Kier alpha value is -3.71. The predicted molar refractivity (Wildman–Crippen MR) is 128 cm³/mol. The van der Waals surface area contributed by atoms with Crippen molar-refractivity contribution in [1.29, 1.82) is 0 Å². The summed E-state index contributed by atoms with van der Waals surface area (Å²) in [6, 6.07) is 15.2. The molecule has 0 aromatic heterocycles. The van der Waals surface area contributed by atoms with Gasteiger partial charge < -0.3 is 4.74 Å². The van der Waals surface area contributed by atoms with Gasteiger partial charge in [-0.2, -0.15) is 0 Å². The standard InChI is InChI=1S/C28H18ClF5O2/c1-2-3-15-4-6-16(7-5-15)17-8-9-20(22(30)11-17)18-10-21(29)26(23(31)12-18)28(35)36-19-13-24(32)27(34)25(33)14-19/h4-14H,2-3H2,1H3. The van der Waals surface area contributed by atoms with E-state index in [4.69, 9.17) is 16.3 Å². The number of carbonyl (C=O) groups is 1. The van der Waals surface area contributed by atoms with Crippen molar-refractivity contribution in [3.05, 3.63) is 112 Å². The van der Waals surface area contributed by atoms with Crippen LogP contribution >= 0.6 is 11.6 Å². The van der Waals surface area contributed by atoms with Gasteiger partial charge in [0.1, 0.15) is 22.9 Å². The summed E-state index contributed by atoms with van der Waals surface area (Å²) >= 11 is 6.08. The fourth-order valence-electron chi connectivity index (χ4n) is 3.75. The third-order valence-corrected chi connectivity index (χ3v) is 5.82. The number of benzene rings is 4. The van der Waals surface area contributed by atoms with Crippen LogP contribution in [0.4, 0.5) is 22.0 Å². The lowest BCUT2D eigenvalue weighted by molar-refractivity contribution is 0.0729. The number of esters is 1. The highest BCUT2D eigenvalue weighted by Crippen LogP contribution is 2.33. The first-order valence-corrected chi connectivity index (χ1v) is 11.3. The van der Waals surface area contributed by atoms with Gasteiger partial charge in [0.2, 0.25) is 0 Å². The molecular weight excluding hydrogens is 499 g/mol. The number of aryl methyl sites for hydroxylation is 1. The zero-order valence-electron chi connectivity index (χ0n) is 18.8. The van der Waals surface area contributed by atoms with Crippen molar-refractivity contribution in [3.8, 4) is 28.0 Å². The maximum Gasteiger partial charge on any atom is 0.348 e. The molecular formula is C28H18ClF5O2. The molecule has 0 N–H and O–H groups in total. The molecule has 4 aromatic carbocycles. The highest BCUT2D eigenvalue weighted by molar-refractivity contribution is 6.34. The number of halogens is 6. The Bertz CT molecular complexity index is 1410. The fraction of sp³-hybridized carbons (Fsp3) is 0.107. The van der Waals surface area contributed by atoms with Crippen LogP contribution in [-0.2, 0) is 6.42 Å². The Morgan fingerprint density at radius 1 is 0.750 bits per heavy atom. The van der Waals surface area contributed by atoms with Crippen molar-refractivity contribution in [2.75, 3.05) is 0 Å². The minimum absolute atomic E-state index is 0.0461. The monoisotopic (exact) mass is 516 g/mol. The average molecular weight is 517 g/mol. The first-order chi connectivity index (χ1) is 17.2. The van der Waals surface area contributed by atoms with Gasteiger partial charge in [-0.3, -0.25) is 0 Å². The minimum atomic E-state index is -1.75. The first kappa shape index (κ1) is 25.4. The Morgan fingerprint density at radius 3 is 1.94 bits per heavy atom. The van der Waals surface area contributed by atoms with Crippen LogP contribution in [0.2, 0.25) is 5.02 Å². The molecule has 0 radical (unpaired) electrons. The highest BCUT2D eigenvalue weighted by atomic mass is 35.5. The summed E-state index contributed by atoms with van der Waals surface area (Å²) in [5.41, 5.74) is 2.01. The number of rotatable bonds is 6. The molecule has 0 saturated heterocycles. The maximum absolute atomic E-state index is 15.0. The molecule has 8 heteroatoms. The molecule has 0 aliphatic carbocycles. The molecule has 4 aromatic rings.